The third-order valence-electron chi connectivity index (χ3n) is 4.23. The van der Waals surface area contributed by atoms with Gasteiger partial charge in [-0.25, -0.2) is 9.78 Å². The molecule has 31 heavy (non-hydrogen) atoms. The number of aromatic carboxylic acids is 1. The lowest BCUT2D eigenvalue weighted by Gasteiger charge is -2.15. The molecule has 11 heteroatoms. The van der Waals surface area contributed by atoms with Crippen molar-refractivity contribution in [2.75, 3.05) is 10.6 Å². The van der Waals surface area contributed by atoms with Crippen LogP contribution in [0.1, 0.15) is 31.8 Å². The van der Waals surface area contributed by atoms with Gasteiger partial charge in [-0.2, -0.15) is 13.2 Å². The molecule has 160 valence electrons. The number of rotatable bonds is 7. The van der Waals surface area contributed by atoms with Crippen molar-refractivity contribution in [3.8, 4) is 0 Å². The number of carboxylic acid groups (broad SMARTS) is 1. The van der Waals surface area contributed by atoms with Crippen LogP contribution in [0.15, 0.2) is 55.0 Å². The second kappa shape index (κ2) is 8.69. The SMILES string of the molecule is NC(=O)c1cnc(Nc2cccc(C(=O)O)c2)cc1NCc1cnccc1C(F)(F)F. The lowest BCUT2D eigenvalue weighted by Crippen LogP contribution is -2.17. The van der Waals surface area contributed by atoms with Gasteiger partial charge in [-0.3, -0.25) is 9.78 Å². The van der Waals surface area contributed by atoms with Gasteiger partial charge in [-0.15, -0.1) is 0 Å². The molecule has 0 aliphatic heterocycles. The summed E-state index contributed by atoms with van der Waals surface area (Å²) in [6, 6.07) is 8.18. The Kier molecular flexibility index (Phi) is 6.05. The lowest BCUT2D eigenvalue weighted by atomic mass is 10.1. The van der Waals surface area contributed by atoms with Crippen molar-refractivity contribution < 1.29 is 27.9 Å². The van der Waals surface area contributed by atoms with Crippen LogP contribution in [0.2, 0.25) is 0 Å². The summed E-state index contributed by atoms with van der Waals surface area (Å²) in [5, 5.41) is 14.7. The zero-order chi connectivity index (χ0) is 22.6. The minimum absolute atomic E-state index is 0.0257. The summed E-state index contributed by atoms with van der Waals surface area (Å²) >= 11 is 0. The average Bonchev–Trinajstić information content (AvgIpc) is 2.72. The van der Waals surface area contributed by atoms with E-state index in [4.69, 9.17) is 10.8 Å². The topological polar surface area (TPSA) is 130 Å². The fraction of sp³-hybridized carbons (Fsp3) is 0.100. The Morgan fingerprint density at radius 2 is 1.90 bits per heavy atom. The molecule has 0 aliphatic rings. The number of halogens is 3. The zero-order valence-corrected chi connectivity index (χ0v) is 15.8. The standard InChI is InChI=1S/C20H16F3N5O3/c21-20(22,23)15-4-5-25-8-12(15)9-26-16-7-17(27-10-14(16)18(24)29)28-13-3-1-2-11(6-13)19(30)31/h1-8,10H,9H2,(H2,24,29)(H,30,31)(H2,26,27,28). The zero-order valence-electron chi connectivity index (χ0n) is 15.8. The van der Waals surface area contributed by atoms with Gasteiger partial charge in [0.05, 0.1) is 22.4 Å². The molecule has 2 aromatic heterocycles. The van der Waals surface area contributed by atoms with E-state index in [1.807, 2.05) is 0 Å². The molecule has 0 spiro atoms. The first-order valence-corrected chi connectivity index (χ1v) is 8.79. The molecule has 0 saturated heterocycles. The van der Waals surface area contributed by atoms with Crippen molar-refractivity contribution in [3.63, 3.8) is 0 Å². The Hall–Kier alpha value is -4.15. The fourth-order valence-corrected chi connectivity index (χ4v) is 2.78. The van der Waals surface area contributed by atoms with Crippen molar-refractivity contribution in [3.05, 3.63) is 77.2 Å². The lowest BCUT2D eigenvalue weighted by molar-refractivity contribution is -0.138. The van der Waals surface area contributed by atoms with E-state index < -0.39 is 23.6 Å². The Morgan fingerprint density at radius 3 is 2.58 bits per heavy atom. The number of hydrogen-bond acceptors (Lipinski definition) is 6. The summed E-state index contributed by atoms with van der Waals surface area (Å²) in [6.07, 6.45) is -1.27. The van der Waals surface area contributed by atoms with Gasteiger partial charge >= 0.3 is 12.1 Å². The molecular formula is C20H16F3N5O3. The summed E-state index contributed by atoms with van der Waals surface area (Å²) in [7, 11) is 0. The molecule has 2 heterocycles. The van der Waals surface area contributed by atoms with Crippen LogP contribution in [0.5, 0.6) is 0 Å². The number of nitrogens with two attached hydrogens (primary N) is 1. The highest BCUT2D eigenvalue weighted by molar-refractivity contribution is 5.98. The third-order valence-corrected chi connectivity index (χ3v) is 4.23. The number of pyridine rings is 2. The second-order valence-electron chi connectivity index (χ2n) is 6.37. The number of anilines is 3. The molecule has 5 N–H and O–H groups in total. The maximum Gasteiger partial charge on any atom is 0.416 e. The van der Waals surface area contributed by atoms with E-state index in [0.717, 1.165) is 18.5 Å². The number of hydrogen-bond donors (Lipinski definition) is 4. The summed E-state index contributed by atoms with van der Waals surface area (Å²) in [6.45, 7) is -0.277. The number of carbonyl (C=O) groups is 2. The Bertz CT molecular complexity index is 1140. The van der Waals surface area contributed by atoms with Crippen LogP contribution in [-0.2, 0) is 12.7 Å². The van der Waals surface area contributed by atoms with Gasteiger partial charge in [-0.1, -0.05) is 6.07 Å². The largest absolute Gasteiger partial charge is 0.478 e. The summed E-state index contributed by atoms with van der Waals surface area (Å²) in [4.78, 5) is 30.6. The van der Waals surface area contributed by atoms with Crippen LogP contribution in [-0.4, -0.2) is 27.0 Å². The van der Waals surface area contributed by atoms with Crippen LogP contribution in [0.25, 0.3) is 0 Å². The third kappa shape index (κ3) is 5.26. The maximum atomic E-state index is 13.2. The number of carboxylic acids is 1. The molecule has 0 bridgehead atoms. The van der Waals surface area contributed by atoms with Crippen LogP contribution >= 0.6 is 0 Å². The van der Waals surface area contributed by atoms with Gasteiger partial charge in [0.25, 0.3) is 5.91 Å². The van der Waals surface area contributed by atoms with Gasteiger partial charge in [0.2, 0.25) is 0 Å². The number of amides is 1. The van der Waals surface area contributed by atoms with Crippen molar-refractivity contribution >= 4 is 29.1 Å². The number of nitrogens with one attached hydrogen (secondary N) is 2. The molecule has 8 nitrogen and oxygen atoms in total. The monoisotopic (exact) mass is 431 g/mol. The normalized spacial score (nSPS) is 11.1. The number of aromatic nitrogens is 2. The first kappa shape index (κ1) is 21.6. The van der Waals surface area contributed by atoms with Crippen LogP contribution in [0.4, 0.5) is 30.4 Å². The molecule has 0 radical (unpaired) electrons. The smallest absolute Gasteiger partial charge is 0.416 e. The molecular weight excluding hydrogens is 415 g/mol. The minimum atomic E-state index is -4.56. The first-order chi connectivity index (χ1) is 14.6. The average molecular weight is 431 g/mol. The Morgan fingerprint density at radius 1 is 1.13 bits per heavy atom. The van der Waals surface area contributed by atoms with E-state index in [-0.39, 0.29) is 34.7 Å². The van der Waals surface area contributed by atoms with Gasteiger partial charge < -0.3 is 21.5 Å². The summed E-state index contributed by atoms with van der Waals surface area (Å²) in [5.41, 5.74) is 4.96. The van der Waals surface area contributed by atoms with Gasteiger partial charge in [0, 0.05) is 42.5 Å². The van der Waals surface area contributed by atoms with Crippen LogP contribution < -0.4 is 16.4 Å². The molecule has 1 amide bonds. The van der Waals surface area contributed by atoms with Crippen LogP contribution in [0, 0.1) is 0 Å². The van der Waals surface area contributed by atoms with Crippen molar-refractivity contribution in [2.45, 2.75) is 12.7 Å². The molecule has 0 aliphatic carbocycles. The highest BCUT2D eigenvalue weighted by Crippen LogP contribution is 2.32. The molecule has 3 aromatic rings. The maximum absolute atomic E-state index is 13.2. The Balaban J connectivity index is 1.87. The first-order valence-electron chi connectivity index (χ1n) is 8.79. The van der Waals surface area contributed by atoms with E-state index in [2.05, 4.69) is 20.6 Å². The minimum Gasteiger partial charge on any atom is -0.478 e. The Labute approximate surface area is 173 Å². The predicted molar refractivity (Wildman–Crippen MR) is 106 cm³/mol. The summed E-state index contributed by atoms with van der Waals surface area (Å²) < 4.78 is 39.6. The molecule has 0 unspecified atom stereocenters. The molecule has 0 saturated carbocycles. The van der Waals surface area contributed by atoms with E-state index in [0.29, 0.717) is 5.69 Å². The summed E-state index contributed by atoms with van der Waals surface area (Å²) in [5.74, 6) is -1.71. The highest BCUT2D eigenvalue weighted by Gasteiger charge is 2.33. The quantitative estimate of drug-likeness (QED) is 0.449. The number of alkyl halides is 3. The number of primary amides is 1. The van der Waals surface area contributed by atoms with Crippen molar-refractivity contribution in [1.29, 1.82) is 0 Å². The van der Waals surface area contributed by atoms with Gasteiger partial charge in [0.1, 0.15) is 5.82 Å². The van der Waals surface area contributed by atoms with Gasteiger partial charge in [0.15, 0.2) is 0 Å². The van der Waals surface area contributed by atoms with E-state index in [9.17, 15) is 22.8 Å². The molecule has 1 aromatic carbocycles. The van der Waals surface area contributed by atoms with E-state index in [1.54, 1.807) is 6.07 Å². The van der Waals surface area contributed by atoms with Gasteiger partial charge in [-0.05, 0) is 24.3 Å². The molecule has 0 fully saturated rings. The van der Waals surface area contributed by atoms with Crippen molar-refractivity contribution in [1.82, 2.24) is 9.97 Å². The fourth-order valence-electron chi connectivity index (χ4n) is 2.78. The van der Waals surface area contributed by atoms with Crippen LogP contribution in [0.3, 0.4) is 0 Å². The highest BCUT2D eigenvalue weighted by atomic mass is 19.4. The van der Waals surface area contributed by atoms with E-state index >= 15 is 0 Å². The molecule has 3 rings (SSSR count). The predicted octanol–water partition coefficient (Wildman–Crippen LogP) is 3.65. The molecule has 0 atom stereocenters. The van der Waals surface area contributed by atoms with Crippen molar-refractivity contribution in [2.24, 2.45) is 5.73 Å². The second-order valence-corrected chi connectivity index (χ2v) is 6.37. The number of benzene rings is 1. The number of nitrogens with zero attached hydrogens (tertiary/aromatic N) is 2. The van der Waals surface area contributed by atoms with E-state index in [1.165, 1.54) is 30.5 Å². The number of carbonyl (C=O) groups excluding carboxylic acids is 1.